The Labute approximate surface area is 114 Å². The highest BCUT2D eigenvalue weighted by molar-refractivity contribution is 5.76. The molecule has 1 fully saturated rings. The molecule has 0 aliphatic carbocycles. The molecular formula is C15H22N2O2. The van der Waals surface area contributed by atoms with Crippen LogP contribution in [0.4, 0.5) is 0 Å². The van der Waals surface area contributed by atoms with Gasteiger partial charge in [0, 0.05) is 24.7 Å². The first kappa shape index (κ1) is 14.0. The molecule has 1 aliphatic rings. The monoisotopic (exact) mass is 262 g/mol. The van der Waals surface area contributed by atoms with E-state index in [1.54, 1.807) is 12.4 Å². The predicted molar refractivity (Wildman–Crippen MR) is 73.6 cm³/mol. The molecule has 104 valence electrons. The lowest BCUT2D eigenvalue weighted by molar-refractivity contribution is -0.122. The average Bonchev–Trinajstić information content (AvgIpc) is 2.77. The predicted octanol–water partition coefficient (Wildman–Crippen LogP) is 1.80. The van der Waals surface area contributed by atoms with Crippen LogP contribution in [0, 0.1) is 11.8 Å². The Morgan fingerprint density at radius 2 is 2.16 bits per heavy atom. The van der Waals surface area contributed by atoms with Crippen LogP contribution in [0.1, 0.15) is 25.8 Å². The van der Waals surface area contributed by atoms with Crippen molar-refractivity contribution < 1.29 is 9.53 Å². The Morgan fingerprint density at radius 3 is 2.84 bits per heavy atom. The van der Waals surface area contributed by atoms with Crippen LogP contribution >= 0.6 is 0 Å². The maximum atomic E-state index is 11.8. The van der Waals surface area contributed by atoms with Crippen molar-refractivity contribution in [2.45, 2.75) is 32.7 Å². The largest absolute Gasteiger partial charge is 0.379 e. The Kier molecular flexibility index (Phi) is 4.91. The van der Waals surface area contributed by atoms with Gasteiger partial charge in [0.2, 0.25) is 5.91 Å². The van der Waals surface area contributed by atoms with E-state index < -0.39 is 0 Å². The van der Waals surface area contributed by atoms with Gasteiger partial charge >= 0.3 is 0 Å². The molecule has 1 saturated heterocycles. The third-order valence-corrected chi connectivity index (χ3v) is 3.39. The highest BCUT2D eigenvalue weighted by Crippen LogP contribution is 2.19. The molecule has 0 unspecified atom stereocenters. The first-order valence-electron chi connectivity index (χ1n) is 6.91. The maximum absolute atomic E-state index is 11.8. The Bertz CT molecular complexity index is 406. The first-order chi connectivity index (χ1) is 9.15. The summed E-state index contributed by atoms with van der Waals surface area (Å²) < 4.78 is 5.52. The number of nitrogens with one attached hydrogen (secondary N) is 1. The molecule has 0 spiro atoms. The van der Waals surface area contributed by atoms with Crippen LogP contribution in [0.2, 0.25) is 0 Å². The summed E-state index contributed by atoms with van der Waals surface area (Å²) in [4.78, 5) is 15.8. The second kappa shape index (κ2) is 6.66. The van der Waals surface area contributed by atoms with Gasteiger partial charge in [-0.2, -0.15) is 0 Å². The molecule has 1 amide bonds. The van der Waals surface area contributed by atoms with Crippen LogP contribution in [0.5, 0.6) is 0 Å². The molecule has 0 aromatic carbocycles. The minimum atomic E-state index is 0.130. The van der Waals surface area contributed by atoms with Gasteiger partial charge in [-0.05, 0) is 30.0 Å². The second-order valence-electron chi connectivity index (χ2n) is 5.63. The number of hydrogen-bond acceptors (Lipinski definition) is 3. The van der Waals surface area contributed by atoms with E-state index in [4.69, 9.17) is 4.74 Å². The van der Waals surface area contributed by atoms with Gasteiger partial charge in [-0.15, -0.1) is 0 Å². The summed E-state index contributed by atoms with van der Waals surface area (Å²) in [5, 5.41) is 3.10. The molecule has 2 atom stereocenters. The van der Waals surface area contributed by atoms with Gasteiger partial charge in [-0.3, -0.25) is 9.78 Å². The molecule has 4 nitrogen and oxygen atoms in total. The van der Waals surface area contributed by atoms with Crippen molar-refractivity contribution in [3.8, 4) is 0 Å². The van der Waals surface area contributed by atoms with Crippen molar-refractivity contribution >= 4 is 5.91 Å². The molecule has 0 saturated carbocycles. The third-order valence-electron chi connectivity index (χ3n) is 3.39. The molecule has 2 rings (SSSR count). The van der Waals surface area contributed by atoms with Crippen LogP contribution < -0.4 is 5.32 Å². The lowest BCUT2D eigenvalue weighted by Gasteiger charge is -2.19. The van der Waals surface area contributed by atoms with Crippen molar-refractivity contribution in [3.05, 3.63) is 30.1 Å². The van der Waals surface area contributed by atoms with E-state index in [-0.39, 0.29) is 11.9 Å². The first-order valence-corrected chi connectivity index (χ1v) is 6.91. The molecule has 1 aromatic heterocycles. The van der Waals surface area contributed by atoms with Crippen LogP contribution in [0.25, 0.3) is 0 Å². The number of pyridine rings is 1. The highest BCUT2D eigenvalue weighted by Gasteiger charge is 2.29. The summed E-state index contributed by atoms with van der Waals surface area (Å²) >= 11 is 0. The maximum Gasteiger partial charge on any atom is 0.220 e. The van der Waals surface area contributed by atoms with Crippen molar-refractivity contribution in [2.24, 2.45) is 11.8 Å². The normalized spacial score (nSPS) is 22.7. The fourth-order valence-corrected chi connectivity index (χ4v) is 2.42. The number of nitrogens with zero attached hydrogens (tertiary/aromatic N) is 1. The van der Waals surface area contributed by atoms with Gasteiger partial charge in [0.15, 0.2) is 0 Å². The molecule has 4 heteroatoms. The Balaban J connectivity index is 1.88. The molecule has 1 N–H and O–H groups in total. The average molecular weight is 262 g/mol. The van der Waals surface area contributed by atoms with Crippen LogP contribution in [-0.4, -0.2) is 30.1 Å². The van der Waals surface area contributed by atoms with Crippen molar-refractivity contribution in [1.82, 2.24) is 10.3 Å². The zero-order chi connectivity index (χ0) is 13.7. The lowest BCUT2D eigenvalue weighted by atomic mass is 9.95. The smallest absolute Gasteiger partial charge is 0.220 e. The van der Waals surface area contributed by atoms with Gasteiger partial charge in [0.1, 0.15) is 0 Å². The standard InChI is InChI=1S/C15H22N2O2/c1-11(2)7-15(18)17-14-10-19-9-13(14)8-12-3-5-16-6-4-12/h3-6,11,13-14H,7-10H2,1-2H3,(H,17,18)/t13-,14-/m1/s1. The zero-order valence-electron chi connectivity index (χ0n) is 11.6. The van der Waals surface area contributed by atoms with Gasteiger partial charge in [0.05, 0.1) is 19.3 Å². The van der Waals surface area contributed by atoms with E-state index in [1.165, 1.54) is 5.56 Å². The van der Waals surface area contributed by atoms with Crippen LogP contribution in [-0.2, 0) is 16.0 Å². The summed E-state index contributed by atoms with van der Waals surface area (Å²) in [5.74, 6) is 0.879. The highest BCUT2D eigenvalue weighted by atomic mass is 16.5. The fourth-order valence-electron chi connectivity index (χ4n) is 2.42. The second-order valence-corrected chi connectivity index (χ2v) is 5.63. The SMILES string of the molecule is CC(C)CC(=O)N[C@@H]1COC[C@H]1Cc1ccncc1. The van der Waals surface area contributed by atoms with E-state index in [9.17, 15) is 4.79 Å². The van der Waals surface area contributed by atoms with Gasteiger partial charge in [0.25, 0.3) is 0 Å². The van der Waals surface area contributed by atoms with E-state index in [1.807, 2.05) is 12.1 Å². The van der Waals surface area contributed by atoms with E-state index in [0.29, 0.717) is 24.9 Å². The summed E-state index contributed by atoms with van der Waals surface area (Å²) in [6.07, 6.45) is 5.11. The molecule has 1 aliphatic heterocycles. The Morgan fingerprint density at radius 1 is 1.42 bits per heavy atom. The number of rotatable bonds is 5. The number of hydrogen-bond donors (Lipinski definition) is 1. The summed E-state index contributed by atoms with van der Waals surface area (Å²) in [6.45, 7) is 5.45. The number of carbonyl (C=O) groups is 1. The molecule has 19 heavy (non-hydrogen) atoms. The van der Waals surface area contributed by atoms with Gasteiger partial charge in [-0.1, -0.05) is 13.8 Å². The summed E-state index contributed by atoms with van der Waals surface area (Å²) in [5.41, 5.74) is 1.24. The minimum absolute atomic E-state index is 0.130. The van der Waals surface area contributed by atoms with Gasteiger partial charge < -0.3 is 10.1 Å². The van der Waals surface area contributed by atoms with E-state index in [2.05, 4.69) is 24.1 Å². The van der Waals surface area contributed by atoms with Crippen molar-refractivity contribution in [3.63, 3.8) is 0 Å². The molecule has 1 aromatic rings. The van der Waals surface area contributed by atoms with E-state index in [0.717, 1.165) is 13.0 Å². The van der Waals surface area contributed by atoms with Crippen LogP contribution in [0.15, 0.2) is 24.5 Å². The number of carbonyl (C=O) groups excluding carboxylic acids is 1. The summed E-state index contributed by atoms with van der Waals surface area (Å²) in [6, 6.07) is 4.18. The Hall–Kier alpha value is -1.42. The zero-order valence-corrected chi connectivity index (χ0v) is 11.6. The molecular weight excluding hydrogens is 240 g/mol. The number of ether oxygens (including phenoxy) is 1. The van der Waals surface area contributed by atoms with Crippen LogP contribution in [0.3, 0.4) is 0 Å². The topological polar surface area (TPSA) is 51.2 Å². The van der Waals surface area contributed by atoms with Crippen molar-refractivity contribution in [2.75, 3.05) is 13.2 Å². The minimum Gasteiger partial charge on any atom is -0.379 e. The van der Waals surface area contributed by atoms with Crippen molar-refractivity contribution in [1.29, 1.82) is 0 Å². The molecule has 0 radical (unpaired) electrons. The number of amides is 1. The fraction of sp³-hybridized carbons (Fsp3) is 0.600. The number of aromatic nitrogens is 1. The lowest BCUT2D eigenvalue weighted by Crippen LogP contribution is -2.41. The molecule has 0 bridgehead atoms. The third kappa shape index (κ3) is 4.31. The molecule has 2 heterocycles. The quantitative estimate of drug-likeness (QED) is 0.880. The van der Waals surface area contributed by atoms with Gasteiger partial charge in [-0.25, -0.2) is 0 Å². The summed E-state index contributed by atoms with van der Waals surface area (Å²) in [7, 11) is 0. The van der Waals surface area contributed by atoms with E-state index >= 15 is 0 Å².